The van der Waals surface area contributed by atoms with Gasteiger partial charge in [0.2, 0.25) is 0 Å². The Bertz CT molecular complexity index is 8160. The first-order chi connectivity index (χ1) is 64.5. The summed E-state index contributed by atoms with van der Waals surface area (Å²) in [5, 5.41) is 31.4. The van der Waals surface area contributed by atoms with E-state index < -0.39 is 24.2 Å². The Kier molecular flexibility index (Phi) is 25.5. The van der Waals surface area contributed by atoms with Crippen molar-refractivity contribution in [3.63, 3.8) is 0 Å². The first-order valence-corrected chi connectivity index (χ1v) is 43.3. The normalized spacial score (nSPS) is 12.1. The zero-order valence-corrected chi connectivity index (χ0v) is 74.7. The van der Waals surface area contributed by atoms with Crippen LogP contribution in [0.1, 0.15) is 127 Å². The maximum absolute atomic E-state index is 14.1. The predicted molar refractivity (Wildman–Crippen MR) is 516 cm³/mol. The van der Waals surface area contributed by atoms with Gasteiger partial charge in [-0.2, -0.15) is 15.3 Å². The minimum atomic E-state index is -0.493. The summed E-state index contributed by atoms with van der Waals surface area (Å²) in [4.78, 5) is 132. The number of amides is 4. The van der Waals surface area contributed by atoms with Crippen LogP contribution in [0.15, 0.2) is 336 Å². The van der Waals surface area contributed by atoms with E-state index in [1.165, 1.54) is 29.3 Å². The van der Waals surface area contributed by atoms with Gasteiger partial charge < -0.3 is 21.3 Å². The maximum Gasteiger partial charge on any atom is 0.272 e. The van der Waals surface area contributed by atoms with E-state index in [9.17, 15) is 38.4 Å². The Morgan fingerprint density at radius 2 is 0.729 bits per heavy atom. The van der Waals surface area contributed by atoms with Crippen molar-refractivity contribution in [2.75, 3.05) is 0 Å². The molecule has 0 saturated carbocycles. The average Bonchev–Trinajstić information content (AvgIpc) is 1.10. The molecule has 4 atom stereocenters. The number of carbonyl (C=O) groups is 4. The molecule has 28 nitrogen and oxygen atoms in total. The molecule has 4 amide bonds. The Balaban J connectivity index is 0.000000124. The van der Waals surface area contributed by atoms with Crippen molar-refractivity contribution in [2.24, 2.45) is 7.05 Å². The number of hydrogen-bond acceptors (Lipinski definition) is 17. The second-order valence-corrected chi connectivity index (χ2v) is 32.6. The number of benzene rings is 8. The van der Waals surface area contributed by atoms with Crippen molar-refractivity contribution >= 4 is 124 Å². The molecule has 0 aliphatic heterocycles. The van der Waals surface area contributed by atoms with E-state index in [4.69, 9.17) is 34.8 Å². The highest BCUT2D eigenvalue weighted by molar-refractivity contribution is 6.36. The molecule has 0 saturated heterocycles. The number of pyridine rings is 6. The molecule has 12 heterocycles. The number of aryl methyl sites for hydroxylation is 3. The molecule has 0 aliphatic rings. The lowest BCUT2D eigenvalue weighted by molar-refractivity contribution is 0.0925. The van der Waals surface area contributed by atoms with Crippen LogP contribution >= 0.6 is 34.8 Å². The van der Waals surface area contributed by atoms with Crippen molar-refractivity contribution in [2.45, 2.75) is 65.7 Å². The molecule has 0 bridgehead atoms. The van der Waals surface area contributed by atoms with Gasteiger partial charge in [-0.25, -0.2) is 24.0 Å². The van der Waals surface area contributed by atoms with E-state index in [1.807, 2.05) is 230 Å². The van der Waals surface area contributed by atoms with Gasteiger partial charge in [0.05, 0.1) is 96.1 Å². The molecule has 31 heteroatoms. The third-order valence-electron chi connectivity index (χ3n) is 22.6. The van der Waals surface area contributed by atoms with E-state index in [2.05, 4.69) is 66.5 Å². The number of hydrogen-bond donors (Lipinski definition) is 4. The second kappa shape index (κ2) is 38.4. The van der Waals surface area contributed by atoms with Crippen LogP contribution in [0, 0.1) is 13.8 Å². The summed E-state index contributed by atoms with van der Waals surface area (Å²) in [7, 11) is 1.85. The van der Waals surface area contributed by atoms with Gasteiger partial charge >= 0.3 is 0 Å². The molecule has 658 valence electrons. The maximum atomic E-state index is 14.1. The first-order valence-electron chi connectivity index (χ1n) is 42.2. The number of rotatable bonds is 17. The fourth-order valence-corrected chi connectivity index (χ4v) is 16.9. The van der Waals surface area contributed by atoms with Gasteiger partial charge in [0.15, 0.2) is 11.3 Å². The summed E-state index contributed by atoms with van der Waals surface area (Å²) in [6, 6.07) is 70.3. The molecule has 12 aromatic heterocycles. The Morgan fingerprint density at radius 1 is 0.346 bits per heavy atom. The van der Waals surface area contributed by atoms with Gasteiger partial charge in [-0.1, -0.05) is 162 Å². The summed E-state index contributed by atoms with van der Waals surface area (Å²) < 4.78 is 11.2. The standard InChI is InChI=1S/C27H24N6O2.C26H19ClN4O2.C25H20ClN5O2.C24H18ClN5O2/c1-17(31-26(34)25-18(2)28-12-13-29-25)23-14-19-8-7-11-22(20-15-30-32(3)16-20)24(19)27(35)33(23)21-9-5-4-6-10-21;1-16(30-25(32)20-15-28-14-18-8-6-12-29-24(18)20)22-13-17-7-5-11-21(27)23(17)26(33)31(22)19-9-3-2-4-10-19;1-15-7-9-18(10-8-15)31-21(13-17-5-3-6-20(26)22(17)25(31)33)16(2)29-24(32)19-14-28-30-12-4-11-27-23(19)30;1-15(28-23(31)18-14-27-29-12-6-11-26-22(18)29)20-13-16-7-5-10-19(25)21(16)24(32)30(20)17-8-3-2-4-9-17/h4-17H,1-3H3,(H,31,34);2-16H,1H3,(H,30,32);3-14,16H,1-2H3,(H,29,32);2-15H,1H3,(H,28,31)/t17-;2*16-;15-/m0000/s1. The number of fused-ring (bicyclic) bond motifs is 7. The molecular formula is C102H81Cl3N20O8. The number of carbonyl (C=O) groups excluding carboxylic acids is 4. The molecule has 0 radical (unpaired) electrons. The molecule has 0 aliphatic carbocycles. The van der Waals surface area contributed by atoms with Gasteiger partial charge in [0.1, 0.15) is 16.8 Å². The highest BCUT2D eigenvalue weighted by atomic mass is 35.5. The molecular weight excluding hydrogens is 1740 g/mol. The largest absolute Gasteiger partial charge is 0.344 e. The van der Waals surface area contributed by atoms with Crippen LogP contribution in [0.5, 0.6) is 0 Å². The smallest absolute Gasteiger partial charge is 0.272 e. The lowest BCUT2D eigenvalue weighted by Gasteiger charge is -2.21. The quantitative estimate of drug-likeness (QED) is 0.0658. The lowest BCUT2D eigenvalue weighted by atomic mass is 9.99. The topological polar surface area (TPSA) is 334 Å². The fraction of sp³-hybridized carbons (Fsp3) is 0.108. The Morgan fingerprint density at radius 3 is 1.16 bits per heavy atom. The predicted octanol–water partition coefficient (Wildman–Crippen LogP) is 17.7. The van der Waals surface area contributed by atoms with Crippen LogP contribution in [0.4, 0.5) is 0 Å². The SMILES string of the molecule is C[C@H](NC(=O)c1cncc2cccnc12)c1cc2cccc(Cl)c2c(=O)n1-c1ccccc1.C[C@H](NC(=O)c1cnn2cccnc12)c1cc2cccc(Cl)c2c(=O)n1-c1ccccc1.Cc1ccc(-n2c([C@H](C)NC(=O)c3cnn4cccnc34)cc3cccc(Cl)c3c2=O)cc1.Cc1nccnc1C(=O)N[C@@H](C)c1cc2cccc(-c3cnn(C)c3)c2c(=O)n1-c1ccccc1. The van der Waals surface area contributed by atoms with Crippen LogP contribution in [-0.2, 0) is 7.05 Å². The number of para-hydroxylation sites is 3. The minimum Gasteiger partial charge on any atom is -0.344 e. The van der Waals surface area contributed by atoms with E-state index in [1.54, 1.807) is 139 Å². The van der Waals surface area contributed by atoms with E-state index in [-0.39, 0.29) is 51.6 Å². The number of nitrogens with zero attached hydrogens (tertiary/aromatic N) is 16. The summed E-state index contributed by atoms with van der Waals surface area (Å²) in [5.74, 6) is -1.33. The van der Waals surface area contributed by atoms with E-state index >= 15 is 0 Å². The molecule has 20 aromatic rings. The first kappa shape index (κ1) is 88.5. The molecule has 0 fully saturated rings. The Labute approximate surface area is 773 Å². The van der Waals surface area contributed by atoms with Crippen LogP contribution in [0.2, 0.25) is 15.1 Å². The van der Waals surface area contributed by atoms with Gasteiger partial charge in [0.25, 0.3) is 45.9 Å². The minimum absolute atomic E-state index is 0.167. The highest BCUT2D eigenvalue weighted by Gasteiger charge is 2.28. The van der Waals surface area contributed by atoms with Crippen molar-refractivity contribution in [1.82, 2.24) is 98.4 Å². The van der Waals surface area contributed by atoms with E-state index in [0.717, 1.165) is 27.5 Å². The van der Waals surface area contributed by atoms with E-state index in [0.29, 0.717) is 137 Å². The van der Waals surface area contributed by atoms with Gasteiger partial charge in [-0.3, -0.25) is 76.3 Å². The van der Waals surface area contributed by atoms with Gasteiger partial charge in [0, 0.05) is 125 Å². The van der Waals surface area contributed by atoms with Crippen LogP contribution in [0.25, 0.3) is 99.2 Å². The molecule has 8 aromatic carbocycles. The van der Waals surface area contributed by atoms with Gasteiger partial charge in [-0.05, 0) is 184 Å². The fourth-order valence-electron chi connectivity index (χ4n) is 16.1. The summed E-state index contributed by atoms with van der Waals surface area (Å²) in [6.45, 7) is 11.1. The van der Waals surface area contributed by atoms with Crippen molar-refractivity contribution in [3.05, 3.63) is 430 Å². The van der Waals surface area contributed by atoms with Crippen molar-refractivity contribution < 1.29 is 19.2 Å². The third kappa shape index (κ3) is 18.1. The number of halogens is 3. The second-order valence-electron chi connectivity index (χ2n) is 31.4. The number of aromatic nitrogens is 16. The summed E-state index contributed by atoms with van der Waals surface area (Å²) >= 11 is 19.1. The zero-order valence-electron chi connectivity index (χ0n) is 72.4. The summed E-state index contributed by atoms with van der Waals surface area (Å²) in [5.41, 5.74) is 10.6. The van der Waals surface area contributed by atoms with Crippen molar-refractivity contribution in [3.8, 4) is 33.9 Å². The molecule has 20 rings (SSSR count). The molecule has 0 spiro atoms. The lowest BCUT2D eigenvalue weighted by Crippen LogP contribution is -2.33. The molecule has 133 heavy (non-hydrogen) atoms. The highest BCUT2D eigenvalue weighted by Crippen LogP contribution is 2.34. The molecule has 0 unspecified atom stereocenters. The van der Waals surface area contributed by atoms with Crippen LogP contribution < -0.4 is 43.5 Å². The Hall–Kier alpha value is -16.6. The van der Waals surface area contributed by atoms with Crippen molar-refractivity contribution in [1.29, 1.82) is 0 Å². The van der Waals surface area contributed by atoms with Crippen LogP contribution in [-0.4, -0.2) is 101 Å². The zero-order chi connectivity index (χ0) is 92.8. The number of nitrogens with one attached hydrogen (secondary N) is 4. The summed E-state index contributed by atoms with van der Waals surface area (Å²) in [6.07, 6.45) is 21.1. The molecule has 4 N–H and O–H groups in total. The van der Waals surface area contributed by atoms with Gasteiger partial charge in [-0.15, -0.1) is 0 Å². The van der Waals surface area contributed by atoms with Crippen LogP contribution in [0.3, 0.4) is 0 Å². The average molecular weight is 1820 g/mol. The third-order valence-corrected chi connectivity index (χ3v) is 23.5. The monoisotopic (exact) mass is 1820 g/mol.